The average Bonchev–Trinajstić information content (AvgIpc) is 2.60. The van der Waals surface area contributed by atoms with Crippen molar-refractivity contribution < 1.29 is 0 Å². The lowest BCUT2D eigenvalue weighted by Gasteiger charge is -2.26. The maximum Gasteiger partial charge on any atom is 0.0599 e. The van der Waals surface area contributed by atoms with E-state index < -0.39 is 0 Å². The van der Waals surface area contributed by atoms with Gasteiger partial charge in [-0.2, -0.15) is 0 Å². The molecule has 0 aliphatic heterocycles. The first-order chi connectivity index (χ1) is 11.8. The molecule has 0 spiro atoms. The molecule has 1 rings (SSSR count). The van der Waals surface area contributed by atoms with Crippen LogP contribution in [0.3, 0.4) is 0 Å². The van der Waals surface area contributed by atoms with Crippen LogP contribution in [0, 0.1) is 0 Å². The topological polar surface area (TPSA) is 29.3 Å². The molecular weight excluding hydrogens is 292 g/mol. The number of hydrogen-bond donors (Lipinski definition) is 1. The number of nitrogens with zero attached hydrogens (tertiary/aromatic N) is 1. The van der Waals surface area contributed by atoms with Crippen molar-refractivity contribution in [2.45, 2.75) is 90.9 Å². The summed E-state index contributed by atoms with van der Waals surface area (Å²) >= 11 is 0. The quantitative estimate of drug-likeness (QED) is 0.283. The number of nitrogens with two attached hydrogens (primary N) is 1. The molecule has 0 fully saturated rings. The van der Waals surface area contributed by atoms with E-state index in [1.807, 2.05) is 12.1 Å². The second-order valence-electron chi connectivity index (χ2n) is 7.08. The molecule has 2 N–H and O–H groups in total. The Kier molecular flexibility index (Phi) is 12.3. The molecular formula is C22H40N2. The van der Waals surface area contributed by atoms with Crippen LogP contribution in [0.2, 0.25) is 0 Å². The Bertz CT molecular complexity index is 387. The van der Waals surface area contributed by atoms with Gasteiger partial charge in [-0.05, 0) is 25.0 Å². The first kappa shape index (κ1) is 20.9. The van der Waals surface area contributed by atoms with Crippen LogP contribution in [0.1, 0.15) is 90.9 Å². The fourth-order valence-corrected chi connectivity index (χ4v) is 3.29. The van der Waals surface area contributed by atoms with Crippen molar-refractivity contribution >= 4 is 11.4 Å². The number of nitrogen functional groups attached to an aromatic ring is 1. The monoisotopic (exact) mass is 332 g/mol. The second kappa shape index (κ2) is 14.2. The van der Waals surface area contributed by atoms with Crippen LogP contribution in [-0.4, -0.2) is 13.1 Å². The molecule has 0 bridgehead atoms. The zero-order valence-corrected chi connectivity index (χ0v) is 16.2. The lowest BCUT2D eigenvalue weighted by atomic mass is 10.1. The molecule has 1 aromatic rings. The standard InChI is InChI=1S/C22H40N2/c1-3-5-7-9-11-15-19-24(20-16-12-10-8-6-4-2)22-18-14-13-17-21(22)23/h13-14,17-18H,3-12,15-16,19-20,23H2,1-2H3. The van der Waals surface area contributed by atoms with E-state index in [4.69, 9.17) is 5.73 Å². The van der Waals surface area contributed by atoms with E-state index in [1.165, 1.54) is 82.7 Å². The minimum atomic E-state index is 0.925. The van der Waals surface area contributed by atoms with E-state index in [9.17, 15) is 0 Å². The van der Waals surface area contributed by atoms with Crippen molar-refractivity contribution in [2.75, 3.05) is 23.7 Å². The fourth-order valence-electron chi connectivity index (χ4n) is 3.29. The van der Waals surface area contributed by atoms with Crippen LogP contribution >= 0.6 is 0 Å². The van der Waals surface area contributed by atoms with Crippen LogP contribution in [-0.2, 0) is 0 Å². The van der Waals surface area contributed by atoms with Crippen LogP contribution in [0.25, 0.3) is 0 Å². The maximum absolute atomic E-state index is 6.22. The van der Waals surface area contributed by atoms with Gasteiger partial charge >= 0.3 is 0 Å². The number of rotatable bonds is 15. The minimum Gasteiger partial charge on any atom is -0.397 e. The summed E-state index contributed by atoms with van der Waals surface area (Å²) in [4.78, 5) is 2.52. The van der Waals surface area contributed by atoms with Crippen molar-refractivity contribution in [2.24, 2.45) is 0 Å². The molecule has 0 amide bonds. The highest BCUT2D eigenvalue weighted by molar-refractivity contribution is 5.67. The lowest BCUT2D eigenvalue weighted by Crippen LogP contribution is -2.26. The number of para-hydroxylation sites is 2. The molecule has 0 saturated heterocycles. The molecule has 0 atom stereocenters. The smallest absolute Gasteiger partial charge is 0.0599 e. The largest absolute Gasteiger partial charge is 0.397 e. The lowest BCUT2D eigenvalue weighted by molar-refractivity contribution is 0.575. The van der Waals surface area contributed by atoms with Gasteiger partial charge in [-0.1, -0.05) is 90.2 Å². The maximum atomic E-state index is 6.22. The predicted octanol–water partition coefficient (Wildman–Crippen LogP) is 6.80. The van der Waals surface area contributed by atoms with Gasteiger partial charge in [0.2, 0.25) is 0 Å². The fraction of sp³-hybridized carbons (Fsp3) is 0.727. The predicted molar refractivity (Wildman–Crippen MR) is 110 cm³/mol. The Morgan fingerprint density at radius 3 is 1.62 bits per heavy atom. The number of hydrogen-bond acceptors (Lipinski definition) is 2. The summed E-state index contributed by atoms with van der Waals surface area (Å²) in [6, 6.07) is 8.36. The van der Waals surface area contributed by atoms with E-state index in [0.717, 1.165) is 18.8 Å². The third kappa shape index (κ3) is 9.20. The Morgan fingerprint density at radius 1 is 0.667 bits per heavy atom. The van der Waals surface area contributed by atoms with Crippen molar-refractivity contribution in [1.82, 2.24) is 0 Å². The van der Waals surface area contributed by atoms with Gasteiger partial charge in [-0.3, -0.25) is 0 Å². The molecule has 2 heteroatoms. The van der Waals surface area contributed by atoms with Gasteiger partial charge in [0.25, 0.3) is 0 Å². The molecule has 2 nitrogen and oxygen atoms in total. The van der Waals surface area contributed by atoms with Crippen molar-refractivity contribution in [3.8, 4) is 0 Å². The summed E-state index contributed by atoms with van der Waals surface area (Å²) in [7, 11) is 0. The zero-order chi connectivity index (χ0) is 17.5. The summed E-state index contributed by atoms with van der Waals surface area (Å²) < 4.78 is 0. The van der Waals surface area contributed by atoms with Gasteiger partial charge in [0.05, 0.1) is 11.4 Å². The van der Waals surface area contributed by atoms with Crippen molar-refractivity contribution in [1.29, 1.82) is 0 Å². The summed E-state index contributed by atoms with van der Waals surface area (Å²) in [5, 5.41) is 0. The molecule has 138 valence electrons. The minimum absolute atomic E-state index is 0.925. The van der Waals surface area contributed by atoms with Crippen molar-refractivity contribution in [3.05, 3.63) is 24.3 Å². The van der Waals surface area contributed by atoms with Crippen LogP contribution in [0.4, 0.5) is 11.4 Å². The summed E-state index contributed by atoms with van der Waals surface area (Å²) in [6.45, 7) is 6.85. The Morgan fingerprint density at radius 2 is 1.12 bits per heavy atom. The van der Waals surface area contributed by atoms with Gasteiger partial charge in [0.1, 0.15) is 0 Å². The highest BCUT2D eigenvalue weighted by Gasteiger charge is 2.09. The van der Waals surface area contributed by atoms with E-state index in [-0.39, 0.29) is 0 Å². The molecule has 0 unspecified atom stereocenters. The summed E-state index contributed by atoms with van der Waals surface area (Å²) in [5.74, 6) is 0. The van der Waals surface area contributed by atoms with Gasteiger partial charge in [-0.15, -0.1) is 0 Å². The molecule has 0 saturated carbocycles. The van der Waals surface area contributed by atoms with E-state index >= 15 is 0 Å². The van der Waals surface area contributed by atoms with Crippen molar-refractivity contribution in [3.63, 3.8) is 0 Å². The van der Waals surface area contributed by atoms with Gasteiger partial charge in [0.15, 0.2) is 0 Å². The average molecular weight is 333 g/mol. The third-order valence-corrected chi connectivity index (χ3v) is 4.84. The molecule has 0 aromatic heterocycles. The Hall–Kier alpha value is -1.18. The molecule has 1 aromatic carbocycles. The van der Waals surface area contributed by atoms with E-state index in [0.29, 0.717) is 0 Å². The van der Waals surface area contributed by atoms with Crippen LogP contribution in [0.5, 0.6) is 0 Å². The first-order valence-electron chi connectivity index (χ1n) is 10.4. The molecule has 24 heavy (non-hydrogen) atoms. The number of anilines is 2. The normalized spacial score (nSPS) is 10.9. The zero-order valence-electron chi connectivity index (χ0n) is 16.2. The van der Waals surface area contributed by atoms with Gasteiger partial charge < -0.3 is 10.6 Å². The highest BCUT2D eigenvalue weighted by atomic mass is 15.1. The van der Waals surface area contributed by atoms with E-state index in [1.54, 1.807) is 0 Å². The SMILES string of the molecule is CCCCCCCCN(CCCCCCCC)c1ccccc1N. The molecule has 0 aliphatic rings. The van der Waals surface area contributed by atoms with E-state index in [2.05, 4.69) is 30.9 Å². The molecule has 0 aliphatic carbocycles. The van der Waals surface area contributed by atoms with Crippen LogP contribution in [0.15, 0.2) is 24.3 Å². The number of benzene rings is 1. The Labute approximate surface area is 150 Å². The number of unbranched alkanes of at least 4 members (excludes halogenated alkanes) is 10. The highest BCUT2D eigenvalue weighted by Crippen LogP contribution is 2.24. The summed E-state index contributed by atoms with van der Waals surface area (Å²) in [6.07, 6.45) is 16.2. The third-order valence-electron chi connectivity index (χ3n) is 4.84. The molecule has 0 radical (unpaired) electrons. The van der Waals surface area contributed by atoms with Gasteiger partial charge in [-0.25, -0.2) is 0 Å². The first-order valence-corrected chi connectivity index (χ1v) is 10.4. The van der Waals surface area contributed by atoms with Gasteiger partial charge in [0, 0.05) is 13.1 Å². The van der Waals surface area contributed by atoms with Crippen LogP contribution < -0.4 is 10.6 Å². The molecule has 0 heterocycles. The second-order valence-corrected chi connectivity index (χ2v) is 7.08. The Balaban J connectivity index is 2.38. The summed E-state index contributed by atoms with van der Waals surface area (Å²) in [5.41, 5.74) is 8.38.